The number of aromatic nitrogens is 1. The van der Waals surface area contributed by atoms with E-state index < -0.39 is 10.0 Å². The van der Waals surface area contributed by atoms with Gasteiger partial charge in [-0.1, -0.05) is 17.7 Å². The van der Waals surface area contributed by atoms with Gasteiger partial charge in [0.05, 0.1) is 24.6 Å². The zero-order chi connectivity index (χ0) is 20.3. The second-order valence-electron chi connectivity index (χ2n) is 6.22. The highest BCUT2D eigenvalue weighted by Crippen LogP contribution is 2.30. The second kappa shape index (κ2) is 8.24. The molecule has 0 aliphatic carbocycles. The Morgan fingerprint density at radius 3 is 2.61 bits per heavy atom. The maximum atomic E-state index is 13.4. The zero-order valence-electron chi connectivity index (χ0n) is 15.5. The van der Waals surface area contributed by atoms with E-state index in [0.29, 0.717) is 40.2 Å². The molecule has 0 spiro atoms. The van der Waals surface area contributed by atoms with Crippen molar-refractivity contribution < 1.29 is 22.7 Å². The number of ether oxygens (including phenoxy) is 2. The summed E-state index contributed by atoms with van der Waals surface area (Å²) < 4.78 is 38.0. The van der Waals surface area contributed by atoms with Crippen molar-refractivity contribution in [3.05, 3.63) is 59.2 Å². The number of rotatable bonds is 7. The number of methoxy groups -OCH3 is 2. The minimum atomic E-state index is -3.88. The topological polar surface area (TPSA) is 74.6 Å². The predicted octanol–water partition coefficient (Wildman–Crippen LogP) is 4.04. The lowest BCUT2D eigenvalue weighted by Crippen LogP contribution is -2.16. The van der Waals surface area contributed by atoms with Gasteiger partial charge in [-0.3, -0.25) is 4.79 Å². The second-order valence-corrected chi connectivity index (χ2v) is 8.44. The number of hydrogen-bond acceptors (Lipinski definition) is 5. The molecule has 0 aliphatic rings. The molecule has 0 saturated heterocycles. The molecule has 28 heavy (non-hydrogen) atoms. The molecule has 3 rings (SSSR count). The standard InChI is InChI=1S/C20H20ClNO5S/c1-26-17-6-4-7-18(13-17)28(24,25)22-16(5-3-8-20(23)27-2)12-14-11-15(21)9-10-19(14)22/h4,6-7,9-13H,3,5,8H2,1-2H3. The summed E-state index contributed by atoms with van der Waals surface area (Å²) in [5, 5.41) is 1.23. The van der Waals surface area contributed by atoms with Crippen LogP contribution >= 0.6 is 11.6 Å². The van der Waals surface area contributed by atoms with Crippen LogP contribution in [0.2, 0.25) is 5.02 Å². The lowest BCUT2D eigenvalue weighted by atomic mass is 10.2. The van der Waals surface area contributed by atoms with E-state index in [-0.39, 0.29) is 17.3 Å². The van der Waals surface area contributed by atoms with Crippen LogP contribution in [-0.2, 0) is 26.0 Å². The number of aryl methyl sites for hydroxylation is 1. The first kappa shape index (κ1) is 20.2. The van der Waals surface area contributed by atoms with E-state index in [9.17, 15) is 13.2 Å². The van der Waals surface area contributed by atoms with Crippen LogP contribution in [0, 0.1) is 0 Å². The van der Waals surface area contributed by atoms with E-state index in [2.05, 4.69) is 4.74 Å². The molecule has 2 aromatic carbocycles. The maximum Gasteiger partial charge on any atom is 0.305 e. The number of nitrogens with zero attached hydrogens (tertiary/aromatic N) is 1. The van der Waals surface area contributed by atoms with E-state index in [1.165, 1.54) is 30.3 Å². The third-order valence-corrected chi connectivity index (χ3v) is 6.41. The van der Waals surface area contributed by atoms with Gasteiger partial charge in [0, 0.05) is 28.6 Å². The molecule has 6 nitrogen and oxygen atoms in total. The van der Waals surface area contributed by atoms with Gasteiger partial charge in [0.1, 0.15) is 5.75 Å². The summed E-state index contributed by atoms with van der Waals surface area (Å²) in [6.07, 6.45) is 1.06. The van der Waals surface area contributed by atoms with Gasteiger partial charge in [-0.15, -0.1) is 0 Å². The third-order valence-electron chi connectivity index (χ3n) is 4.41. The largest absolute Gasteiger partial charge is 0.497 e. The zero-order valence-corrected chi connectivity index (χ0v) is 17.1. The van der Waals surface area contributed by atoms with E-state index in [4.69, 9.17) is 16.3 Å². The fourth-order valence-corrected chi connectivity index (χ4v) is 4.84. The third kappa shape index (κ3) is 4.00. The first-order valence-corrected chi connectivity index (χ1v) is 10.4. The van der Waals surface area contributed by atoms with Gasteiger partial charge in [0.2, 0.25) is 0 Å². The summed E-state index contributed by atoms with van der Waals surface area (Å²) in [6.45, 7) is 0. The maximum absolute atomic E-state index is 13.4. The van der Waals surface area contributed by atoms with E-state index in [0.717, 1.165) is 0 Å². The average Bonchev–Trinajstić information content (AvgIpc) is 3.05. The van der Waals surface area contributed by atoms with Crippen molar-refractivity contribution in [2.75, 3.05) is 14.2 Å². The predicted molar refractivity (Wildman–Crippen MR) is 107 cm³/mol. The molecule has 0 N–H and O–H groups in total. The molecule has 0 unspecified atom stereocenters. The van der Waals surface area contributed by atoms with Gasteiger partial charge in [-0.2, -0.15) is 0 Å². The molecule has 8 heteroatoms. The fraction of sp³-hybridized carbons (Fsp3) is 0.250. The normalized spacial score (nSPS) is 11.5. The molecule has 3 aromatic rings. The van der Waals surface area contributed by atoms with Crippen molar-refractivity contribution >= 4 is 38.5 Å². The van der Waals surface area contributed by atoms with E-state index >= 15 is 0 Å². The quantitative estimate of drug-likeness (QED) is 0.538. The van der Waals surface area contributed by atoms with Crippen LogP contribution in [-0.4, -0.2) is 32.6 Å². The van der Waals surface area contributed by atoms with Crippen molar-refractivity contribution in [3.8, 4) is 5.75 Å². The molecule has 1 heterocycles. The number of carbonyl (C=O) groups excluding carboxylic acids is 1. The molecule has 0 amide bonds. The van der Waals surface area contributed by atoms with Crippen molar-refractivity contribution in [1.82, 2.24) is 3.97 Å². The number of carbonyl (C=O) groups is 1. The lowest BCUT2D eigenvalue weighted by molar-refractivity contribution is -0.140. The molecular formula is C20H20ClNO5S. The number of esters is 1. The summed E-state index contributed by atoms with van der Waals surface area (Å²) in [6, 6.07) is 13.2. The summed E-state index contributed by atoms with van der Waals surface area (Å²) >= 11 is 6.08. The van der Waals surface area contributed by atoms with Crippen LogP contribution < -0.4 is 4.74 Å². The molecule has 0 fully saturated rings. The van der Waals surface area contributed by atoms with Gasteiger partial charge >= 0.3 is 5.97 Å². The van der Waals surface area contributed by atoms with Crippen LogP contribution in [0.5, 0.6) is 5.75 Å². The van der Waals surface area contributed by atoms with Crippen molar-refractivity contribution in [2.24, 2.45) is 0 Å². The highest BCUT2D eigenvalue weighted by molar-refractivity contribution is 7.90. The first-order valence-electron chi connectivity index (χ1n) is 8.63. The molecule has 0 bridgehead atoms. The van der Waals surface area contributed by atoms with Crippen molar-refractivity contribution in [1.29, 1.82) is 0 Å². The smallest absolute Gasteiger partial charge is 0.305 e. The van der Waals surface area contributed by atoms with Crippen molar-refractivity contribution in [3.63, 3.8) is 0 Å². The average molecular weight is 422 g/mol. The van der Waals surface area contributed by atoms with E-state index in [1.807, 2.05) is 0 Å². The summed E-state index contributed by atoms with van der Waals surface area (Å²) in [7, 11) is -1.07. The molecule has 0 aliphatic heterocycles. The van der Waals surface area contributed by atoms with Crippen LogP contribution in [0.15, 0.2) is 53.4 Å². The molecule has 148 valence electrons. The Hall–Kier alpha value is -2.51. The molecule has 1 aromatic heterocycles. The highest BCUT2D eigenvalue weighted by atomic mass is 35.5. The summed E-state index contributed by atoms with van der Waals surface area (Å²) in [4.78, 5) is 11.5. The van der Waals surface area contributed by atoms with E-state index in [1.54, 1.807) is 36.4 Å². The van der Waals surface area contributed by atoms with Gasteiger partial charge in [-0.25, -0.2) is 12.4 Å². The minimum absolute atomic E-state index is 0.119. The SMILES string of the molecule is COC(=O)CCCc1cc2cc(Cl)ccc2n1S(=O)(=O)c1cccc(OC)c1. The van der Waals surface area contributed by atoms with Gasteiger partial charge in [0.15, 0.2) is 0 Å². The summed E-state index contributed by atoms with van der Waals surface area (Å²) in [5.41, 5.74) is 1.10. The minimum Gasteiger partial charge on any atom is -0.497 e. The summed E-state index contributed by atoms with van der Waals surface area (Å²) in [5.74, 6) is 0.120. The van der Waals surface area contributed by atoms with Gasteiger partial charge in [0.25, 0.3) is 10.0 Å². The fourth-order valence-electron chi connectivity index (χ4n) is 3.06. The molecule has 0 saturated carbocycles. The Kier molecular flexibility index (Phi) is 5.96. The monoisotopic (exact) mass is 421 g/mol. The highest BCUT2D eigenvalue weighted by Gasteiger charge is 2.23. The number of hydrogen-bond donors (Lipinski definition) is 0. The number of fused-ring (bicyclic) bond motifs is 1. The molecular weight excluding hydrogens is 402 g/mol. The van der Waals surface area contributed by atoms with Crippen LogP contribution in [0.25, 0.3) is 10.9 Å². The van der Waals surface area contributed by atoms with Crippen LogP contribution in [0.4, 0.5) is 0 Å². The van der Waals surface area contributed by atoms with Gasteiger partial charge < -0.3 is 9.47 Å². The first-order chi connectivity index (χ1) is 13.4. The van der Waals surface area contributed by atoms with Crippen LogP contribution in [0.1, 0.15) is 18.5 Å². The van der Waals surface area contributed by atoms with Crippen LogP contribution in [0.3, 0.4) is 0 Å². The Morgan fingerprint density at radius 2 is 1.89 bits per heavy atom. The Morgan fingerprint density at radius 1 is 1.11 bits per heavy atom. The number of halogens is 1. The number of benzene rings is 2. The Labute approximate surface area is 168 Å². The lowest BCUT2D eigenvalue weighted by Gasteiger charge is -2.13. The Bertz CT molecular complexity index is 1120. The van der Waals surface area contributed by atoms with Gasteiger partial charge in [-0.05, 0) is 49.2 Å². The van der Waals surface area contributed by atoms with Crippen molar-refractivity contribution in [2.45, 2.75) is 24.2 Å². The molecule has 0 radical (unpaired) electrons. The Balaban J connectivity index is 2.11. The molecule has 0 atom stereocenters.